The zero-order chi connectivity index (χ0) is 11.7. The summed E-state index contributed by atoms with van der Waals surface area (Å²) in [6.07, 6.45) is 2.15. The third-order valence-corrected chi connectivity index (χ3v) is 2.99. The van der Waals surface area contributed by atoms with Crippen LogP contribution in [-0.2, 0) is 13.1 Å². The highest BCUT2D eigenvalue weighted by Crippen LogP contribution is 2.25. The Kier molecular flexibility index (Phi) is 2.99. The fourth-order valence-corrected chi connectivity index (χ4v) is 2.09. The SMILES string of the molecule is CC(C)n1cc(CN)c2cc(CN)ccc21. The van der Waals surface area contributed by atoms with E-state index in [0.717, 1.165) is 5.56 Å². The Bertz CT molecular complexity index is 497. The molecule has 0 bridgehead atoms. The maximum Gasteiger partial charge on any atom is 0.0486 e. The molecule has 1 aromatic carbocycles. The monoisotopic (exact) mass is 217 g/mol. The van der Waals surface area contributed by atoms with Crippen molar-refractivity contribution in [2.45, 2.75) is 33.0 Å². The highest BCUT2D eigenvalue weighted by atomic mass is 15.0. The average Bonchev–Trinajstić information content (AvgIpc) is 2.66. The van der Waals surface area contributed by atoms with E-state index in [0.29, 0.717) is 19.1 Å². The summed E-state index contributed by atoms with van der Waals surface area (Å²) in [5.41, 5.74) is 15.0. The van der Waals surface area contributed by atoms with Crippen molar-refractivity contribution < 1.29 is 0 Å². The van der Waals surface area contributed by atoms with Crippen molar-refractivity contribution in [3.05, 3.63) is 35.5 Å². The van der Waals surface area contributed by atoms with Gasteiger partial charge in [-0.1, -0.05) is 6.07 Å². The minimum atomic E-state index is 0.450. The predicted octanol–water partition coefficient (Wildman–Crippen LogP) is 2.14. The summed E-state index contributed by atoms with van der Waals surface area (Å²) in [5, 5.41) is 1.24. The first-order valence-corrected chi connectivity index (χ1v) is 5.70. The van der Waals surface area contributed by atoms with Crippen molar-refractivity contribution in [3.63, 3.8) is 0 Å². The largest absolute Gasteiger partial charge is 0.345 e. The molecule has 1 aromatic heterocycles. The molecule has 0 aliphatic rings. The van der Waals surface area contributed by atoms with Gasteiger partial charge in [0.15, 0.2) is 0 Å². The number of benzene rings is 1. The molecule has 2 aromatic rings. The summed E-state index contributed by atoms with van der Waals surface area (Å²) in [4.78, 5) is 0. The number of fused-ring (bicyclic) bond motifs is 1. The standard InChI is InChI=1S/C13H19N3/c1-9(2)16-8-11(7-15)12-5-10(6-14)3-4-13(12)16/h3-5,8-9H,6-7,14-15H2,1-2H3. The van der Waals surface area contributed by atoms with Gasteiger partial charge in [-0.15, -0.1) is 0 Å². The number of nitrogens with zero attached hydrogens (tertiary/aromatic N) is 1. The summed E-state index contributed by atoms with van der Waals surface area (Å²) < 4.78 is 2.26. The van der Waals surface area contributed by atoms with Gasteiger partial charge in [0.1, 0.15) is 0 Å². The molecule has 0 amide bonds. The van der Waals surface area contributed by atoms with E-state index < -0.39 is 0 Å². The van der Waals surface area contributed by atoms with Crippen LogP contribution in [0.1, 0.15) is 31.0 Å². The van der Waals surface area contributed by atoms with Crippen LogP contribution in [0.4, 0.5) is 0 Å². The Hall–Kier alpha value is -1.32. The second kappa shape index (κ2) is 4.28. The van der Waals surface area contributed by atoms with E-state index in [9.17, 15) is 0 Å². The molecule has 0 spiro atoms. The number of hydrogen-bond donors (Lipinski definition) is 2. The number of hydrogen-bond acceptors (Lipinski definition) is 2. The van der Waals surface area contributed by atoms with E-state index in [1.54, 1.807) is 0 Å². The maximum atomic E-state index is 5.78. The fourth-order valence-electron chi connectivity index (χ4n) is 2.09. The van der Waals surface area contributed by atoms with E-state index in [-0.39, 0.29) is 0 Å². The molecule has 0 aliphatic heterocycles. The normalized spacial score (nSPS) is 11.6. The molecule has 4 N–H and O–H groups in total. The topological polar surface area (TPSA) is 57.0 Å². The molecule has 3 heteroatoms. The van der Waals surface area contributed by atoms with Crippen molar-refractivity contribution in [2.24, 2.45) is 11.5 Å². The van der Waals surface area contributed by atoms with Crippen LogP contribution in [0.2, 0.25) is 0 Å². The first kappa shape index (κ1) is 11.2. The van der Waals surface area contributed by atoms with Gasteiger partial charge in [-0.05, 0) is 37.1 Å². The van der Waals surface area contributed by atoms with Crippen LogP contribution in [-0.4, -0.2) is 4.57 Å². The predicted molar refractivity (Wildman–Crippen MR) is 68.1 cm³/mol. The van der Waals surface area contributed by atoms with Gasteiger partial charge >= 0.3 is 0 Å². The van der Waals surface area contributed by atoms with Gasteiger partial charge in [0.25, 0.3) is 0 Å². The number of aromatic nitrogens is 1. The third kappa shape index (κ3) is 1.72. The highest BCUT2D eigenvalue weighted by molar-refractivity contribution is 5.84. The average molecular weight is 217 g/mol. The van der Waals surface area contributed by atoms with E-state index in [4.69, 9.17) is 11.5 Å². The molecule has 0 atom stereocenters. The molecule has 0 unspecified atom stereocenters. The Labute approximate surface area is 96.0 Å². The number of rotatable bonds is 3. The first-order chi connectivity index (χ1) is 7.67. The van der Waals surface area contributed by atoms with E-state index in [1.165, 1.54) is 16.5 Å². The lowest BCUT2D eigenvalue weighted by molar-refractivity contribution is 0.621. The summed E-state index contributed by atoms with van der Waals surface area (Å²) in [7, 11) is 0. The molecule has 1 heterocycles. The molecule has 0 radical (unpaired) electrons. The van der Waals surface area contributed by atoms with Crippen molar-refractivity contribution in [1.82, 2.24) is 4.57 Å². The molecule has 0 fully saturated rings. The van der Waals surface area contributed by atoms with Gasteiger partial charge in [0.2, 0.25) is 0 Å². The first-order valence-electron chi connectivity index (χ1n) is 5.70. The summed E-state index contributed by atoms with van der Waals surface area (Å²) in [5.74, 6) is 0. The van der Waals surface area contributed by atoms with Crippen LogP contribution in [0.5, 0.6) is 0 Å². The van der Waals surface area contributed by atoms with Crippen molar-refractivity contribution in [2.75, 3.05) is 0 Å². The van der Waals surface area contributed by atoms with Gasteiger partial charge in [0.05, 0.1) is 0 Å². The quantitative estimate of drug-likeness (QED) is 0.827. The molecule has 3 nitrogen and oxygen atoms in total. The lowest BCUT2D eigenvalue weighted by atomic mass is 10.1. The summed E-state index contributed by atoms with van der Waals surface area (Å²) >= 11 is 0. The van der Waals surface area contributed by atoms with Crippen molar-refractivity contribution in [3.8, 4) is 0 Å². The van der Waals surface area contributed by atoms with E-state index >= 15 is 0 Å². The second-order valence-electron chi connectivity index (χ2n) is 4.42. The Morgan fingerprint density at radius 1 is 1.19 bits per heavy atom. The minimum Gasteiger partial charge on any atom is -0.345 e. The van der Waals surface area contributed by atoms with Crippen molar-refractivity contribution in [1.29, 1.82) is 0 Å². The van der Waals surface area contributed by atoms with Gasteiger partial charge < -0.3 is 16.0 Å². The molecular formula is C13H19N3. The lowest BCUT2D eigenvalue weighted by Gasteiger charge is -2.09. The van der Waals surface area contributed by atoms with Crippen LogP contribution in [0, 0.1) is 0 Å². The van der Waals surface area contributed by atoms with Gasteiger partial charge in [0, 0.05) is 36.2 Å². The Balaban J connectivity index is 2.69. The van der Waals surface area contributed by atoms with Gasteiger partial charge in [-0.3, -0.25) is 0 Å². The third-order valence-electron chi connectivity index (χ3n) is 2.99. The Morgan fingerprint density at radius 3 is 2.50 bits per heavy atom. The molecule has 2 rings (SSSR count). The maximum absolute atomic E-state index is 5.78. The highest BCUT2D eigenvalue weighted by Gasteiger charge is 2.09. The summed E-state index contributed by atoms with van der Waals surface area (Å²) in [6, 6.07) is 6.82. The molecule has 0 aliphatic carbocycles. The number of nitrogens with two attached hydrogens (primary N) is 2. The van der Waals surface area contributed by atoms with E-state index in [1.807, 2.05) is 0 Å². The Morgan fingerprint density at radius 2 is 1.94 bits per heavy atom. The molecular weight excluding hydrogens is 198 g/mol. The van der Waals surface area contributed by atoms with Gasteiger partial charge in [-0.25, -0.2) is 0 Å². The van der Waals surface area contributed by atoms with Crippen molar-refractivity contribution >= 4 is 10.9 Å². The molecule has 16 heavy (non-hydrogen) atoms. The van der Waals surface area contributed by atoms with Crippen LogP contribution in [0.3, 0.4) is 0 Å². The minimum absolute atomic E-state index is 0.450. The van der Waals surface area contributed by atoms with Gasteiger partial charge in [-0.2, -0.15) is 0 Å². The van der Waals surface area contributed by atoms with Crippen LogP contribution < -0.4 is 11.5 Å². The van der Waals surface area contributed by atoms with Crippen LogP contribution >= 0.6 is 0 Å². The fraction of sp³-hybridized carbons (Fsp3) is 0.385. The molecule has 0 saturated carbocycles. The molecule has 0 saturated heterocycles. The molecule has 86 valence electrons. The lowest BCUT2D eigenvalue weighted by Crippen LogP contribution is -1.99. The second-order valence-corrected chi connectivity index (χ2v) is 4.42. The summed E-state index contributed by atoms with van der Waals surface area (Å²) in [6.45, 7) is 5.50. The van der Waals surface area contributed by atoms with Crippen LogP contribution in [0.25, 0.3) is 10.9 Å². The smallest absolute Gasteiger partial charge is 0.0486 e. The van der Waals surface area contributed by atoms with E-state index in [2.05, 4.69) is 42.8 Å². The zero-order valence-electron chi connectivity index (χ0n) is 9.90. The van der Waals surface area contributed by atoms with Crippen LogP contribution in [0.15, 0.2) is 24.4 Å². The zero-order valence-corrected chi connectivity index (χ0v) is 9.90.